The molecule has 0 saturated heterocycles. The Morgan fingerprint density at radius 3 is 2.50 bits per heavy atom. The molecule has 0 amide bonds. The molecule has 0 aliphatic rings. The molecule has 0 bridgehead atoms. The highest BCUT2D eigenvalue weighted by atomic mass is 32.2. The van der Waals surface area contributed by atoms with Crippen molar-refractivity contribution in [1.82, 2.24) is 0 Å². The van der Waals surface area contributed by atoms with Crippen molar-refractivity contribution in [1.29, 1.82) is 0 Å². The zero-order chi connectivity index (χ0) is 15.0. The number of aryl methyl sites for hydroxylation is 1. The van der Waals surface area contributed by atoms with E-state index in [4.69, 9.17) is 8.92 Å². The van der Waals surface area contributed by atoms with Gasteiger partial charge in [-0.3, -0.25) is 4.18 Å². The Hall–Kier alpha value is -1.59. The normalized spacial score (nSPS) is 13.3. The number of hydrogen-bond acceptors (Lipinski definition) is 4. The lowest BCUT2D eigenvalue weighted by molar-refractivity contribution is 0.126. The molecule has 1 rings (SSSR count). The van der Waals surface area contributed by atoms with Crippen molar-refractivity contribution in [3.63, 3.8) is 0 Å². The Balaban J connectivity index is 2.64. The average Bonchev–Trinajstić information content (AvgIpc) is 2.43. The third-order valence-electron chi connectivity index (χ3n) is 2.55. The summed E-state index contributed by atoms with van der Waals surface area (Å²) in [5, 5.41) is 0. The third-order valence-corrected chi connectivity index (χ3v) is 3.84. The molecule has 0 aliphatic heterocycles. The lowest BCUT2D eigenvalue weighted by Crippen LogP contribution is -2.18. The Morgan fingerprint density at radius 2 is 1.95 bits per heavy atom. The zero-order valence-electron chi connectivity index (χ0n) is 11.8. The Labute approximate surface area is 120 Å². The number of allylic oxidation sites excluding steroid dienone is 1. The summed E-state index contributed by atoms with van der Waals surface area (Å²) in [5.74, 6) is 0. The summed E-state index contributed by atoms with van der Waals surface area (Å²) < 4.78 is 34.2. The summed E-state index contributed by atoms with van der Waals surface area (Å²) in [6, 6.07) is 6.49. The van der Waals surface area contributed by atoms with Crippen molar-refractivity contribution in [3.05, 3.63) is 54.8 Å². The first-order valence-corrected chi connectivity index (χ1v) is 7.79. The van der Waals surface area contributed by atoms with Crippen molar-refractivity contribution >= 4 is 10.1 Å². The van der Waals surface area contributed by atoms with Gasteiger partial charge in [-0.25, -0.2) is 0 Å². The molecule has 4 nitrogen and oxygen atoms in total. The molecule has 0 fully saturated rings. The standard InChI is InChI=1S/C15H20O4S/c1-4-6-11-18-14(5-2)12-19-20(16,17)15-9-7-13(3)8-10-15/h5-11,14H,2,4,12H2,1,3H3. The monoisotopic (exact) mass is 296 g/mol. The number of hydrogen-bond donors (Lipinski definition) is 0. The highest BCUT2D eigenvalue weighted by molar-refractivity contribution is 7.86. The first-order valence-electron chi connectivity index (χ1n) is 6.38. The maximum absolute atomic E-state index is 12.0. The van der Waals surface area contributed by atoms with Gasteiger partial charge < -0.3 is 4.74 Å². The second-order valence-corrected chi connectivity index (χ2v) is 5.86. The molecule has 0 aliphatic carbocycles. The minimum absolute atomic E-state index is 0.103. The van der Waals surface area contributed by atoms with Gasteiger partial charge in [-0.15, -0.1) is 0 Å². The van der Waals surface area contributed by atoms with Crippen molar-refractivity contribution < 1.29 is 17.3 Å². The second-order valence-electron chi connectivity index (χ2n) is 4.24. The van der Waals surface area contributed by atoms with Gasteiger partial charge in [0, 0.05) is 0 Å². The predicted molar refractivity (Wildman–Crippen MR) is 78.8 cm³/mol. The number of benzene rings is 1. The van der Waals surface area contributed by atoms with Gasteiger partial charge in [0.2, 0.25) is 0 Å². The van der Waals surface area contributed by atoms with E-state index in [0.717, 1.165) is 12.0 Å². The highest BCUT2D eigenvalue weighted by Gasteiger charge is 2.17. The Morgan fingerprint density at radius 1 is 1.30 bits per heavy atom. The van der Waals surface area contributed by atoms with Crippen LogP contribution in [-0.2, 0) is 19.0 Å². The zero-order valence-corrected chi connectivity index (χ0v) is 12.6. The van der Waals surface area contributed by atoms with Crippen LogP contribution in [0.3, 0.4) is 0 Å². The van der Waals surface area contributed by atoms with Gasteiger partial charge in [-0.05, 0) is 31.6 Å². The maximum Gasteiger partial charge on any atom is 0.297 e. The molecular formula is C15H20O4S. The van der Waals surface area contributed by atoms with Gasteiger partial charge in [0.15, 0.2) is 0 Å². The van der Waals surface area contributed by atoms with E-state index in [-0.39, 0.29) is 11.5 Å². The molecule has 5 heteroatoms. The first kappa shape index (κ1) is 16.5. The summed E-state index contributed by atoms with van der Waals surface area (Å²) in [7, 11) is -3.76. The highest BCUT2D eigenvalue weighted by Crippen LogP contribution is 2.14. The quantitative estimate of drug-likeness (QED) is 0.420. The van der Waals surface area contributed by atoms with Crippen molar-refractivity contribution in [2.24, 2.45) is 0 Å². The molecule has 0 saturated carbocycles. The minimum atomic E-state index is -3.76. The number of ether oxygens (including phenoxy) is 1. The molecular weight excluding hydrogens is 276 g/mol. The van der Waals surface area contributed by atoms with Crippen molar-refractivity contribution in [2.45, 2.75) is 31.3 Å². The smallest absolute Gasteiger partial charge is 0.297 e. The summed E-state index contributed by atoms with van der Waals surface area (Å²) >= 11 is 0. The van der Waals surface area contributed by atoms with E-state index in [0.29, 0.717) is 0 Å². The van der Waals surface area contributed by atoms with Crippen LogP contribution in [0, 0.1) is 6.92 Å². The molecule has 0 aromatic heterocycles. The van der Waals surface area contributed by atoms with E-state index in [2.05, 4.69) is 6.58 Å². The fourth-order valence-electron chi connectivity index (χ4n) is 1.35. The predicted octanol–water partition coefficient (Wildman–Crippen LogP) is 3.20. The molecule has 0 N–H and O–H groups in total. The van der Waals surface area contributed by atoms with Gasteiger partial charge in [-0.2, -0.15) is 8.42 Å². The summed E-state index contributed by atoms with van der Waals surface area (Å²) in [5.41, 5.74) is 0.987. The first-order chi connectivity index (χ1) is 9.49. The third kappa shape index (κ3) is 5.19. The molecule has 1 unspecified atom stereocenters. The van der Waals surface area contributed by atoms with Crippen molar-refractivity contribution in [2.75, 3.05) is 6.61 Å². The van der Waals surface area contributed by atoms with Crippen LogP contribution in [-0.4, -0.2) is 21.1 Å². The largest absolute Gasteiger partial charge is 0.492 e. The molecule has 1 atom stereocenters. The fourth-order valence-corrected chi connectivity index (χ4v) is 2.26. The van der Waals surface area contributed by atoms with Gasteiger partial charge in [0.25, 0.3) is 10.1 Å². The van der Waals surface area contributed by atoms with Crippen LogP contribution < -0.4 is 0 Å². The van der Waals surface area contributed by atoms with E-state index in [1.165, 1.54) is 24.5 Å². The SMILES string of the molecule is C=CC(COS(=O)(=O)c1ccc(C)cc1)OC=CCC. The second kappa shape index (κ2) is 7.87. The Kier molecular flexibility index (Phi) is 6.48. The molecule has 110 valence electrons. The van der Waals surface area contributed by atoms with Gasteiger partial charge in [-0.1, -0.05) is 37.3 Å². The summed E-state index contributed by atoms with van der Waals surface area (Å²) in [6.07, 6.45) is 5.19. The molecule has 1 aromatic carbocycles. The lowest BCUT2D eigenvalue weighted by Gasteiger charge is -2.12. The summed E-state index contributed by atoms with van der Waals surface area (Å²) in [6.45, 7) is 7.35. The van der Waals surface area contributed by atoms with Crippen LogP contribution in [0.4, 0.5) is 0 Å². The van der Waals surface area contributed by atoms with Gasteiger partial charge >= 0.3 is 0 Å². The Bertz CT molecular complexity index is 544. The molecule has 0 spiro atoms. The van der Waals surface area contributed by atoms with Crippen LogP contribution in [0.25, 0.3) is 0 Å². The maximum atomic E-state index is 12.0. The summed E-state index contributed by atoms with van der Waals surface area (Å²) in [4.78, 5) is 0.134. The fraction of sp³-hybridized carbons (Fsp3) is 0.333. The molecule has 20 heavy (non-hydrogen) atoms. The van der Waals surface area contributed by atoms with Gasteiger partial charge in [0.05, 0.1) is 11.2 Å². The topological polar surface area (TPSA) is 52.6 Å². The van der Waals surface area contributed by atoms with Crippen LogP contribution >= 0.6 is 0 Å². The van der Waals surface area contributed by atoms with Crippen LogP contribution in [0.1, 0.15) is 18.9 Å². The number of rotatable bonds is 8. The van der Waals surface area contributed by atoms with E-state index < -0.39 is 16.2 Å². The molecule has 0 heterocycles. The van der Waals surface area contributed by atoms with E-state index >= 15 is 0 Å². The van der Waals surface area contributed by atoms with E-state index in [9.17, 15) is 8.42 Å². The molecule has 1 aromatic rings. The van der Waals surface area contributed by atoms with Gasteiger partial charge in [0.1, 0.15) is 12.7 Å². The van der Waals surface area contributed by atoms with Crippen molar-refractivity contribution in [3.8, 4) is 0 Å². The lowest BCUT2D eigenvalue weighted by atomic mass is 10.2. The molecule has 0 radical (unpaired) electrons. The average molecular weight is 296 g/mol. The minimum Gasteiger partial charge on any atom is -0.492 e. The van der Waals surface area contributed by atoms with Crippen LogP contribution in [0.2, 0.25) is 0 Å². The van der Waals surface area contributed by atoms with E-state index in [1.54, 1.807) is 12.1 Å². The van der Waals surface area contributed by atoms with Crippen LogP contribution in [0.5, 0.6) is 0 Å². The van der Waals surface area contributed by atoms with Crippen LogP contribution in [0.15, 0.2) is 54.2 Å². The van der Waals surface area contributed by atoms with E-state index in [1.807, 2.05) is 19.9 Å².